The first-order valence-corrected chi connectivity index (χ1v) is 6.70. The molecule has 17 heavy (non-hydrogen) atoms. The average molecular weight is 261 g/mol. The second kappa shape index (κ2) is 4.34. The van der Waals surface area contributed by atoms with Crippen LogP contribution in [0, 0.1) is 12.8 Å². The summed E-state index contributed by atoms with van der Waals surface area (Å²) in [6.07, 6.45) is -2.45. The average Bonchev–Trinajstić information content (AvgIpc) is 2.13. The molecule has 2 rings (SSSR count). The monoisotopic (exact) mass is 261 g/mol. The Balaban J connectivity index is 2.16. The third-order valence-electron chi connectivity index (χ3n) is 2.86. The van der Waals surface area contributed by atoms with E-state index in [1.807, 2.05) is 0 Å². The molecule has 94 valence electrons. The molecular weight excluding hydrogens is 248 g/mol. The van der Waals surface area contributed by atoms with Gasteiger partial charge >= 0.3 is 0 Å². The number of nitrogens with zero attached hydrogens (tertiary/aromatic N) is 1. The van der Waals surface area contributed by atoms with Crippen molar-refractivity contribution >= 4 is 10.0 Å². The molecule has 0 radical (unpaired) electrons. The van der Waals surface area contributed by atoms with Crippen molar-refractivity contribution in [2.75, 3.05) is 13.1 Å². The largest absolute Gasteiger partial charge is 0.243 e. The van der Waals surface area contributed by atoms with Gasteiger partial charge in [-0.1, -0.05) is 12.1 Å². The van der Waals surface area contributed by atoms with Crippen LogP contribution in [0.5, 0.6) is 0 Å². The zero-order chi connectivity index (χ0) is 12.6. The highest BCUT2D eigenvalue weighted by Gasteiger charge is 2.41. The lowest BCUT2D eigenvalue weighted by Gasteiger charge is -2.37. The molecule has 6 heteroatoms. The first kappa shape index (κ1) is 12.4. The van der Waals surface area contributed by atoms with Crippen LogP contribution < -0.4 is 0 Å². The second-order valence-electron chi connectivity index (χ2n) is 4.23. The molecule has 1 heterocycles. The predicted octanol–water partition coefficient (Wildman–Crippen LogP) is 1.88. The maximum Gasteiger partial charge on any atom is 0.243 e. The Morgan fingerprint density at radius 3 is 2.53 bits per heavy atom. The summed E-state index contributed by atoms with van der Waals surface area (Å²) in [6, 6.07) is 6.47. The van der Waals surface area contributed by atoms with Crippen molar-refractivity contribution in [3.8, 4) is 0 Å². The number of rotatable bonds is 3. The van der Waals surface area contributed by atoms with Crippen LogP contribution in [0.1, 0.15) is 5.56 Å². The molecule has 0 unspecified atom stereocenters. The van der Waals surface area contributed by atoms with Crippen LogP contribution in [-0.2, 0) is 10.0 Å². The van der Waals surface area contributed by atoms with Crippen LogP contribution in [0.25, 0.3) is 0 Å². The molecule has 0 amide bonds. The van der Waals surface area contributed by atoms with E-state index in [0.717, 1.165) is 9.87 Å². The first-order valence-electron chi connectivity index (χ1n) is 5.26. The van der Waals surface area contributed by atoms with Crippen molar-refractivity contribution in [3.63, 3.8) is 0 Å². The molecule has 0 aliphatic carbocycles. The molecule has 1 fully saturated rings. The van der Waals surface area contributed by atoms with Gasteiger partial charge in [-0.25, -0.2) is 17.2 Å². The zero-order valence-corrected chi connectivity index (χ0v) is 10.1. The van der Waals surface area contributed by atoms with Gasteiger partial charge in [-0.3, -0.25) is 0 Å². The van der Waals surface area contributed by atoms with Crippen molar-refractivity contribution < 1.29 is 17.2 Å². The van der Waals surface area contributed by atoms with Gasteiger partial charge in [-0.05, 0) is 24.6 Å². The summed E-state index contributed by atoms with van der Waals surface area (Å²) in [5.41, 5.74) is 0.831. The number of hydrogen-bond donors (Lipinski definition) is 0. The number of halogens is 2. The Morgan fingerprint density at radius 1 is 1.35 bits per heavy atom. The van der Waals surface area contributed by atoms with E-state index in [-0.39, 0.29) is 18.0 Å². The minimum atomic E-state index is -3.59. The number of sulfonamides is 1. The van der Waals surface area contributed by atoms with Gasteiger partial charge in [0.1, 0.15) is 0 Å². The molecule has 1 aromatic carbocycles. The Hall–Kier alpha value is -1.01. The number of alkyl halides is 2. The second-order valence-corrected chi connectivity index (χ2v) is 6.17. The van der Waals surface area contributed by atoms with Crippen LogP contribution in [-0.4, -0.2) is 32.2 Å². The number of aryl methyl sites for hydroxylation is 1. The van der Waals surface area contributed by atoms with Gasteiger partial charge in [0.15, 0.2) is 0 Å². The molecule has 1 aromatic rings. The summed E-state index contributed by atoms with van der Waals surface area (Å²) in [6.45, 7) is 1.61. The van der Waals surface area contributed by atoms with Crippen molar-refractivity contribution in [2.45, 2.75) is 18.2 Å². The van der Waals surface area contributed by atoms with Gasteiger partial charge in [-0.2, -0.15) is 4.31 Å². The molecular formula is C11H13F2NO2S. The van der Waals surface area contributed by atoms with E-state index in [1.54, 1.807) is 25.1 Å². The van der Waals surface area contributed by atoms with Crippen molar-refractivity contribution in [1.82, 2.24) is 4.31 Å². The lowest BCUT2D eigenvalue weighted by Crippen LogP contribution is -2.52. The summed E-state index contributed by atoms with van der Waals surface area (Å²) in [5.74, 6) is -0.824. The van der Waals surface area contributed by atoms with Gasteiger partial charge in [0.05, 0.1) is 4.90 Å². The molecule has 0 bridgehead atoms. The maximum atomic E-state index is 12.3. The zero-order valence-electron chi connectivity index (χ0n) is 9.31. The Morgan fingerprint density at radius 2 is 2.00 bits per heavy atom. The van der Waals surface area contributed by atoms with E-state index in [1.165, 1.54) is 6.07 Å². The SMILES string of the molecule is Cc1cccc(S(=O)(=O)N2CC(C(F)F)C2)c1. The van der Waals surface area contributed by atoms with Crippen LogP contribution in [0.4, 0.5) is 8.78 Å². The van der Waals surface area contributed by atoms with Crippen LogP contribution in [0.2, 0.25) is 0 Å². The van der Waals surface area contributed by atoms with Crippen molar-refractivity contribution in [1.29, 1.82) is 0 Å². The maximum absolute atomic E-state index is 12.3. The van der Waals surface area contributed by atoms with Crippen LogP contribution in [0.3, 0.4) is 0 Å². The molecule has 0 N–H and O–H groups in total. The van der Waals surface area contributed by atoms with E-state index in [9.17, 15) is 17.2 Å². The molecule has 1 aliphatic rings. The van der Waals surface area contributed by atoms with E-state index < -0.39 is 22.4 Å². The number of hydrogen-bond acceptors (Lipinski definition) is 2. The first-order chi connectivity index (χ1) is 7.91. The third kappa shape index (κ3) is 2.32. The fraction of sp³-hybridized carbons (Fsp3) is 0.455. The summed E-state index contributed by atoms with van der Waals surface area (Å²) in [4.78, 5) is 0.171. The fourth-order valence-corrected chi connectivity index (χ4v) is 3.41. The van der Waals surface area contributed by atoms with Crippen molar-refractivity contribution in [3.05, 3.63) is 29.8 Å². The molecule has 0 spiro atoms. The van der Waals surface area contributed by atoms with Gasteiger partial charge in [0.25, 0.3) is 0 Å². The number of benzene rings is 1. The highest BCUT2D eigenvalue weighted by Crippen LogP contribution is 2.28. The van der Waals surface area contributed by atoms with Crippen molar-refractivity contribution in [2.24, 2.45) is 5.92 Å². The third-order valence-corrected chi connectivity index (χ3v) is 4.69. The highest BCUT2D eigenvalue weighted by molar-refractivity contribution is 7.89. The normalized spacial score (nSPS) is 18.4. The minimum absolute atomic E-state index is 0.0893. The smallest absolute Gasteiger partial charge is 0.210 e. The predicted molar refractivity (Wildman–Crippen MR) is 59.4 cm³/mol. The summed E-state index contributed by atoms with van der Waals surface area (Å²) in [7, 11) is -3.59. The van der Waals surface area contributed by atoms with E-state index in [2.05, 4.69) is 0 Å². The fourth-order valence-electron chi connectivity index (χ4n) is 1.75. The molecule has 0 aromatic heterocycles. The summed E-state index contributed by atoms with van der Waals surface area (Å²) >= 11 is 0. The van der Waals surface area contributed by atoms with Gasteiger partial charge in [0.2, 0.25) is 16.4 Å². The Kier molecular flexibility index (Phi) is 3.18. The topological polar surface area (TPSA) is 37.4 Å². The molecule has 3 nitrogen and oxygen atoms in total. The van der Waals surface area contributed by atoms with Gasteiger partial charge in [-0.15, -0.1) is 0 Å². The van der Waals surface area contributed by atoms with Crippen LogP contribution >= 0.6 is 0 Å². The Labute approximate surface area is 99.1 Å². The molecule has 0 atom stereocenters. The summed E-state index contributed by atoms with van der Waals surface area (Å²) in [5, 5.41) is 0. The molecule has 1 saturated heterocycles. The van der Waals surface area contributed by atoms with Gasteiger partial charge in [0, 0.05) is 19.0 Å². The van der Waals surface area contributed by atoms with E-state index in [4.69, 9.17) is 0 Å². The summed E-state index contributed by atoms with van der Waals surface area (Å²) < 4.78 is 49.7. The Bertz CT molecular complexity index is 510. The van der Waals surface area contributed by atoms with Gasteiger partial charge < -0.3 is 0 Å². The van der Waals surface area contributed by atoms with E-state index >= 15 is 0 Å². The standard InChI is InChI=1S/C11H13F2NO2S/c1-8-3-2-4-10(5-8)17(15,16)14-6-9(7-14)11(12)13/h2-5,9,11H,6-7H2,1H3. The lowest BCUT2D eigenvalue weighted by molar-refractivity contribution is 0.0123. The van der Waals surface area contributed by atoms with E-state index in [0.29, 0.717) is 0 Å². The van der Waals surface area contributed by atoms with Crippen LogP contribution in [0.15, 0.2) is 29.2 Å². The molecule has 0 saturated carbocycles. The lowest BCUT2D eigenvalue weighted by atomic mass is 10.1. The minimum Gasteiger partial charge on any atom is -0.210 e. The quantitative estimate of drug-likeness (QED) is 0.833. The highest BCUT2D eigenvalue weighted by atomic mass is 32.2. The molecule has 1 aliphatic heterocycles.